The van der Waals surface area contributed by atoms with Crippen LogP contribution in [0, 0.1) is 18.8 Å². The van der Waals surface area contributed by atoms with Gasteiger partial charge in [-0.1, -0.05) is 43.5 Å². The summed E-state index contributed by atoms with van der Waals surface area (Å²) in [6, 6.07) is 15.1. The first-order valence-corrected chi connectivity index (χ1v) is 15.4. The van der Waals surface area contributed by atoms with Gasteiger partial charge in [-0.25, -0.2) is 0 Å². The van der Waals surface area contributed by atoms with E-state index in [9.17, 15) is 14.7 Å². The highest BCUT2D eigenvalue weighted by Crippen LogP contribution is 2.39. The standard InChI is InChI=1S/C32H45N3O3S/c1-22-27(15-10-16-29(22)36)30(37)33-25(21-39-26-13-6-5-7-14-26)17-18-35-20-24-12-9-8-11-23(24)19-28(35)31(38)34-32(2,3)4/h5-7,10,13-16,23-25,28,36H,8-9,11-12,17-21H2,1-4H3,(H,33,37)(H,34,38)/t23?,24-,25-,28+/m1/s1. The number of likely N-dealkylation sites (tertiary alicyclic amines) is 1. The molecular formula is C32H45N3O3S. The van der Waals surface area contributed by atoms with Gasteiger partial charge in [0.1, 0.15) is 5.75 Å². The minimum atomic E-state index is -0.270. The van der Waals surface area contributed by atoms with Crippen LogP contribution in [0.3, 0.4) is 0 Å². The number of benzene rings is 2. The highest BCUT2D eigenvalue weighted by atomic mass is 32.2. The maximum absolute atomic E-state index is 13.4. The third-order valence-corrected chi connectivity index (χ3v) is 9.32. The van der Waals surface area contributed by atoms with Crippen molar-refractivity contribution in [2.24, 2.45) is 11.8 Å². The monoisotopic (exact) mass is 551 g/mol. The molecule has 1 unspecified atom stereocenters. The lowest BCUT2D eigenvalue weighted by Gasteiger charge is -2.46. The molecule has 2 aromatic carbocycles. The number of carbonyl (C=O) groups is 2. The second-order valence-corrected chi connectivity index (χ2v) is 13.4. The van der Waals surface area contributed by atoms with Crippen LogP contribution in [0.4, 0.5) is 0 Å². The molecule has 1 heterocycles. The van der Waals surface area contributed by atoms with Gasteiger partial charge in [0.25, 0.3) is 5.91 Å². The van der Waals surface area contributed by atoms with Gasteiger partial charge in [0.2, 0.25) is 5.91 Å². The predicted octanol–water partition coefficient (Wildman–Crippen LogP) is 5.78. The number of rotatable bonds is 9. The van der Waals surface area contributed by atoms with E-state index in [2.05, 4.69) is 27.7 Å². The Labute approximate surface area is 238 Å². The van der Waals surface area contributed by atoms with Crippen LogP contribution in [0.2, 0.25) is 0 Å². The van der Waals surface area contributed by atoms with Gasteiger partial charge in [0, 0.05) is 46.4 Å². The molecule has 4 atom stereocenters. The van der Waals surface area contributed by atoms with Crippen molar-refractivity contribution in [3.05, 3.63) is 59.7 Å². The van der Waals surface area contributed by atoms with E-state index >= 15 is 0 Å². The number of phenolic OH excluding ortho intramolecular Hbond substituents is 1. The SMILES string of the molecule is Cc1c(O)cccc1C(=O)N[C@H](CCN1C[C@H]2CCCCC2C[C@H]1C(=O)NC(C)(C)C)CSc1ccccc1. The Hall–Kier alpha value is -2.51. The number of phenols is 1. The fraction of sp³-hybridized carbons (Fsp3) is 0.562. The van der Waals surface area contributed by atoms with E-state index in [0.717, 1.165) is 36.6 Å². The van der Waals surface area contributed by atoms with E-state index in [4.69, 9.17) is 0 Å². The van der Waals surface area contributed by atoms with Crippen molar-refractivity contribution >= 4 is 23.6 Å². The number of nitrogens with zero attached hydrogens (tertiary/aromatic N) is 1. The number of piperidine rings is 1. The van der Waals surface area contributed by atoms with Gasteiger partial charge in [-0.2, -0.15) is 0 Å². The van der Waals surface area contributed by atoms with Gasteiger partial charge in [-0.3, -0.25) is 14.5 Å². The summed E-state index contributed by atoms with van der Waals surface area (Å²) in [6.07, 6.45) is 6.70. The second-order valence-electron chi connectivity index (χ2n) is 12.3. The molecule has 1 aliphatic heterocycles. The summed E-state index contributed by atoms with van der Waals surface area (Å²) < 4.78 is 0. The smallest absolute Gasteiger partial charge is 0.251 e. The second kappa shape index (κ2) is 13.2. The largest absolute Gasteiger partial charge is 0.508 e. The maximum Gasteiger partial charge on any atom is 0.251 e. The zero-order valence-corrected chi connectivity index (χ0v) is 24.7. The first-order chi connectivity index (χ1) is 18.6. The van der Waals surface area contributed by atoms with Crippen molar-refractivity contribution in [2.45, 2.75) is 88.7 Å². The highest BCUT2D eigenvalue weighted by Gasteiger charge is 2.40. The third-order valence-electron chi connectivity index (χ3n) is 8.15. The molecule has 4 rings (SSSR count). The van der Waals surface area contributed by atoms with Crippen molar-refractivity contribution < 1.29 is 14.7 Å². The van der Waals surface area contributed by atoms with Crippen LogP contribution in [0.15, 0.2) is 53.4 Å². The quantitative estimate of drug-likeness (QED) is 0.345. The summed E-state index contributed by atoms with van der Waals surface area (Å²) in [5, 5.41) is 16.6. The Bertz CT molecular complexity index is 1120. The lowest BCUT2D eigenvalue weighted by molar-refractivity contribution is -0.131. The first kappa shape index (κ1) is 29.5. The Kier molecular flexibility index (Phi) is 10.00. The van der Waals surface area contributed by atoms with Crippen LogP contribution < -0.4 is 10.6 Å². The van der Waals surface area contributed by atoms with E-state index in [1.54, 1.807) is 36.9 Å². The lowest BCUT2D eigenvalue weighted by atomic mass is 9.72. The lowest BCUT2D eigenvalue weighted by Crippen LogP contribution is -2.58. The van der Waals surface area contributed by atoms with Crippen LogP contribution in [0.5, 0.6) is 5.75 Å². The fourth-order valence-electron chi connectivity index (χ4n) is 6.04. The summed E-state index contributed by atoms with van der Waals surface area (Å²) in [7, 11) is 0. The number of thioether (sulfide) groups is 1. The molecule has 0 aromatic heterocycles. The molecule has 1 aliphatic carbocycles. The maximum atomic E-state index is 13.4. The van der Waals surface area contributed by atoms with Crippen LogP contribution in [0.25, 0.3) is 0 Å². The average Bonchev–Trinajstić information content (AvgIpc) is 2.90. The number of nitrogens with one attached hydrogen (secondary N) is 2. The van der Waals surface area contributed by atoms with E-state index < -0.39 is 0 Å². The molecule has 212 valence electrons. The van der Waals surface area contributed by atoms with Crippen LogP contribution in [-0.4, -0.2) is 58.3 Å². The number of aromatic hydroxyl groups is 1. The topological polar surface area (TPSA) is 81.7 Å². The Morgan fingerprint density at radius 2 is 1.77 bits per heavy atom. The average molecular weight is 552 g/mol. The Balaban J connectivity index is 1.49. The number of fused-ring (bicyclic) bond motifs is 1. The van der Waals surface area contributed by atoms with Crippen molar-refractivity contribution in [2.75, 3.05) is 18.8 Å². The van der Waals surface area contributed by atoms with Crippen LogP contribution >= 0.6 is 11.8 Å². The van der Waals surface area contributed by atoms with Gasteiger partial charge >= 0.3 is 0 Å². The molecule has 2 amide bonds. The molecule has 39 heavy (non-hydrogen) atoms. The number of carbonyl (C=O) groups excluding carboxylic acids is 2. The molecule has 0 radical (unpaired) electrons. The zero-order chi connectivity index (χ0) is 28.0. The summed E-state index contributed by atoms with van der Waals surface area (Å²) in [4.78, 5) is 30.3. The van der Waals surface area contributed by atoms with E-state index in [1.807, 2.05) is 39.0 Å². The molecule has 1 saturated carbocycles. The third kappa shape index (κ3) is 8.24. The fourth-order valence-corrected chi connectivity index (χ4v) is 7.03. The molecule has 1 saturated heterocycles. The number of hydrogen-bond acceptors (Lipinski definition) is 5. The molecule has 0 spiro atoms. The Morgan fingerprint density at radius 3 is 2.49 bits per heavy atom. The van der Waals surface area contributed by atoms with Crippen molar-refractivity contribution in [1.82, 2.24) is 15.5 Å². The van der Waals surface area contributed by atoms with E-state index in [1.165, 1.54) is 25.7 Å². The van der Waals surface area contributed by atoms with Crippen LogP contribution in [-0.2, 0) is 4.79 Å². The molecule has 2 aliphatic rings. The van der Waals surface area contributed by atoms with Gasteiger partial charge < -0.3 is 15.7 Å². The summed E-state index contributed by atoms with van der Waals surface area (Å²) in [5.74, 6) is 2.09. The number of hydrogen-bond donors (Lipinski definition) is 3. The van der Waals surface area contributed by atoms with E-state index in [0.29, 0.717) is 23.0 Å². The van der Waals surface area contributed by atoms with E-state index in [-0.39, 0.29) is 35.2 Å². The molecule has 2 aromatic rings. The summed E-state index contributed by atoms with van der Waals surface area (Å²) >= 11 is 1.73. The normalized spacial score (nSPS) is 22.5. The van der Waals surface area contributed by atoms with Crippen LogP contribution in [0.1, 0.15) is 75.2 Å². The zero-order valence-electron chi connectivity index (χ0n) is 23.9. The van der Waals surface area contributed by atoms with Gasteiger partial charge in [-0.15, -0.1) is 11.8 Å². The molecule has 6 nitrogen and oxygen atoms in total. The highest BCUT2D eigenvalue weighted by molar-refractivity contribution is 7.99. The van der Waals surface area contributed by atoms with Gasteiger partial charge in [-0.05, 0) is 83.1 Å². The number of amides is 2. The molecule has 7 heteroatoms. The van der Waals surface area contributed by atoms with Crippen molar-refractivity contribution in [3.8, 4) is 5.75 Å². The van der Waals surface area contributed by atoms with Crippen molar-refractivity contribution in [3.63, 3.8) is 0 Å². The summed E-state index contributed by atoms with van der Waals surface area (Å²) in [6.45, 7) is 9.59. The first-order valence-electron chi connectivity index (χ1n) is 14.4. The Morgan fingerprint density at radius 1 is 1.05 bits per heavy atom. The minimum absolute atomic E-state index is 0.0835. The van der Waals surface area contributed by atoms with Gasteiger partial charge in [0.15, 0.2) is 0 Å². The summed E-state index contributed by atoms with van der Waals surface area (Å²) in [5.41, 5.74) is 0.812. The molecule has 0 bridgehead atoms. The molecule has 2 fully saturated rings. The minimum Gasteiger partial charge on any atom is -0.508 e. The predicted molar refractivity (Wildman–Crippen MR) is 159 cm³/mol. The van der Waals surface area contributed by atoms with Crippen molar-refractivity contribution in [1.29, 1.82) is 0 Å². The molecule has 3 N–H and O–H groups in total. The molecular weight excluding hydrogens is 506 g/mol. The van der Waals surface area contributed by atoms with Gasteiger partial charge in [0.05, 0.1) is 6.04 Å².